The topological polar surface area (TPSA) is 98.0 Å². The van der Waals surface area contributed by atoms with Crippen molar-refractivity contribution in [2.75, 3.05) is 0 Å². The average molecular weight is 405 g/mol. The molecule has 1 N–H and O–H groups in total. The highest BCUT2D eigenvalue weighted by molar-refractivity contribution is 9.10. The summed E-state index contributed by atoms with van der Waals surface area (Å²) >= 11 is 6.17. The van der Waals surface area contributed by atoms with E-state index < -0.39 is 16.2 Å². The SMILES string of the molecule is O=c1[nH]c(=O)n(Cc2ccc(Br)cc2[N+](=O)[O-])cc1Br. The number of nitro benzene ring substituents is 1. The van der Waals surface area contributed by atoms with Crippen LogP contribution in [0, 0.1) is 10.1 Å². The van der Waals surface area contributed by atoms with Gasteiger partial charge in [-0.05, 0) is 28.1 Å². The number of nitrogens with one attached hydrogen (secondary N) is 1. The molecule has 0 saturated carbocycles. The maximum Gasteiger partial charge on any atom is 0.328 e. The highest BCUT2D eigenvalue weighted by atomic mass is 79.9. The molecule has 0 amide bonds. The Balaban J connectivity index is 2.50. The highest BCUT2D eigenvalue weighted by Crippen LogP contribution is 2.24. The number of nitro groups is 1. The maximum absolute atomic E-state index is 11.7. The molecule has 1 heterocycles. The summed E-state index contributed by atoms with van der Waals surface area (Å²) in [6.07, 6.45) is 1.30. The molecule has 0 aliphatic heterocycles. The molecule has 0 aliphatic rings. The molecule has 0 saturated heterocycles. The molecular weight excluding hydrogens is 398 g/mol. The van der Waals surface area contributed by atoms with Crippen LogP contribution in [0.25, 0.3) is 0 Å². The molecule has 0 unspecified atom stereocenters. The first kappa shape index (κ1) is 14.7. The van der Waals surface area contributed by atoms with E-state index in [4.69, 9.17) is 0 Å². The summed E-state index contributed by atoms with van der Waals surface area (Å²) in [4.78, 5) is 35.5. The normalized spacial score (nSPS) is 10.5. The van der Waals surface area contributed by atoms with Crippen molar-refractivity contribution in [2.45, 2.75) is 6.54 Å². The largest absolute Gasteiger partial charge is 0.328 e. The lowest BCUT2D eigenvalue weighted by Gasteiger charge is -2.06. The third-order valence-corrected chi connectivity index (χ3v) is 3.61. The van der Waals surface area contributed by atoms with E-state index in [-0.39, 0.29) is 16.7 Å². The number of H-pyrrole nitrogens is 1. The Morgan fingerprint density at radius 1 is 1.30 bits per heavy atom. The quantitative estimate of drug-likeness (QED) is 0.624. The molecule has 1 aromatic carbocycles. The fourth-order valence-corrected chi connectivity index (χ4v) is 2.32. The van der Waals surface area contributed by atoms with Gasteiger partial charge in [-0.3, -0.25) is 24.5 Å². The molecule has 1 aromatic heterocycles. The summed E-state index contributed by atoms with van der Waals surface area (Å²) < 4.78 is 1.93. The standard InChI is InChI=1S/C11H7Br2N3O4/c12-7-2-1-6(9(3-7)16(19)20)4-15-5-8(13)10(17)14-11(15)18/h1-3,5H,4H2,(H,14,17,18). The van der Waals surface area contributed by atoms with Crippen LogP contribution in [0.2, 0.25) is 0 Å². The third kappa shape index (κ3) is 3.05. The third-order valence-electron chi connectivity index (χ3n) is 2.55. The number of aromatic amines is 1. The molecule has 2 rings (SSSR count). The Bertz CT molecular complexity index is 797. The molecule has 0 atom stereocenters. The zero-order chi connectivity index (χ0) is 14.9. The second-order valence-corrected chi connectivity index (χ2v) is 5.66. The van der Waals surface area contributed by atoms with Crippen molar-refractivity contribution < 1.29 is 4.92 Å². The Kier molecular flexibility index (Phi) is 4.19. The molecule has 2 aromatic rings. The van der Waals surface area contributed by atoms with Crippen molar-refractivity contribution in [3.8, 4) is 0 Å². The van der Waals surface area contributed by atoms with Crippen molar-refractivity contribution in [1.29, 1.82) is 0 Å². The lowest BCUT2D eigenvalue weighted by Crippen LogP contribution is -2.30. The van der Waals surface area contributed by atoms with Gasteiger partial charge in [-0.2, -0.15) is 0 Å². The van der Waals surface area contributed by atoms with Crippen LogP contribution in [0.15, 0.2) is 42.9 Å². The van der Waals surface area contributed by atoms with E-state index in [1.165, 1.54) is 16.8 Å². The average Bonchev–Trinajstić information content (AvgIpc) is 2.37. The maximum atomic E-state index is 11.7. The number of aromatic nitrogens is 2. The minimum atomic E-state index is -0.629. The van der Waals surface area contributed by atoms with Gasteiger partial charge in [0, 0.05) is 22.3 Å². The second-order valence-electron chi connectivity index (χ2n) is 3.89. The van der Waals surface area contributed by atoms with Crippen LogP contribution >= 0.6 is 31.9 Å². The van der Waals surface area contributed by atoms with Crippen molar-refractivity contribution in [1.82, 2.24) is 9.55 Å². The first-order chi connectivity index (χ1) is 9.38. The Morgan fingerprint density at radius 2 is 2.00 bits per heavy atom. The van der Waals surface area contributed by atoms with Crippen molar-refractivity contribution in [2.24, 2.45) is 0 Å². The molecule has 0 aliphatic carbocycles. The Morgan fingerprint density at radius 3 is 2.65 bits per heavy atom. The van der Waals surface area contributed by atoms with Crippen molar-refractivity contribution in [3.05, 3.63) is 69.9 Å². The summed E-state index contributed by atoms with van der Waals surface area (Å²) in [6.45, 7) is -0.0161. The van der Waals surface area contributed by atoms with Crippen LogP contribution in [0.3, 0.4) is 0 Å². The van der Waals surface area contributed by atoms with Crippen LogP contribution in [0.5, 0.6) is 0 Å². The van der Waals surface area contributed by atoms with E-state index in [1.54, 1.807) is 12.1 Å². The van der Waals surface area contributed by atoms with E-state index in [1.807, 2.05) is 0 Å². The summed E-state index contributed by atoms with van der Waals surface area (Å²) in [5.74, 6) is 0. The lowest BCUT2D eigenvalue weighted by atomic mass is 10.2. The molecule has 20 heavy (non-hydrogen) atoms. The number of hydrogen-bond acceptors (Lipinski definition) is 4. The molecule has 0 fully saturated rings. The van der Waals surface area contributed by atoms with Gasteiger partial charge in [0.25, 0.3) is 11.2 Å². The monoisotopic (exact) mass is 403 g/mol. The van der Waals surface area contributed by atoms with Crippen LogP contribution < -0.4 is 11.2 Å². The molecule has 104 valence electrons. The number of hydrogen-bond donors (Lipinski definition) is 1. The van der Waals surface area contributed by atoms with Crippen LogP contribution in [-0.2, 0) is 6.54 Å². The molecule has 9 heteroatoms. The minimum Gasteiger partial charge on any atom is -0.295 e. The summed E-state index contributed by atoms with van der Waals surface area (Å²) in [7, 11) is 0. The van der Waals surface area contributed by atoms with Crippen LogP contribution in [0.1, 0.15) is 5.56 Å². The van der Waals surface area contributed by atoms with E-state index in [0.29, 0.717) is 10.0 Å². The highest BCUT2D eigenvalue weighted by Gasteiger charge is 2.15. The van der Waals surface area contributed by atoms with E-state index in [2.05, 4.69) is 36.8 Å². The van der Waals surface area contributed by atoms with Gasteiger partial charge in [0.15, 0.2) is 0 Å². The number of halogens is 2. The Hall–Kier alpha value is -1.74. The van der Waals surface area contributed by atoms with Crippen LogP contribution in [-0.4, -0.2) is 14.5 Å². The van der Waals surface area contributed by atoms with Gasteiger partial charge in [0.05, 0.1) is 15.9 Å². The summed E-state index contributed by atoms with van der Waals surface area (Å²) in [5, 5.41) is 11.0. The van der Waals surface area contributed by atoms with Gasteiger partial charge < -0.3 is 0 Å². The second kappa shape index (κ2) is 5.71. The smallest absolute Gasteiger partial charge is 0.295 e. The van der Waals surface area contributed by atoms with Gasteiger partial charge >= 0.3 is 5.69 Å². The first-order valence-corrected chi connectivity index (χ1v) is 6.89. The van der Waals surface area contributed by atoms with E-state index >= 15 is 0 Å². The van der Waals surface area contributed by atoms with Gasteiger partial charge in [0.2, 0.25) is 0 Å². The molecule has 0 spiro atoms. The first-order valence-electron chi connectivity index (χ1n) is 5.30. The Labute approximate surface area is 128 Å². The fraction of sp³-hybridized carbons (Fsp3) is 0.0909. The zero-order valence-electron chi connectivity index (χ0n) is 9.80. The number of benzene rings is 1. The van der Waals surface area contributed by atoms with Crippen molar-refractivity contribution >= 4 is 37.5 Å². The fourth-order valence-electron chi connectivity index (χ4n) is 1.62. The van der Waals surface area contributed by atoms with Gasteiger partial charge in [-0.15, -0.1) is 0 Å². The van der Waals surface area contributed by atoms with Gasteiger partial charge in [-0.25, -0.2) is 4.79 Å². The van der Waals surface area contributed by atoms with Crippen molar-refractivity contribution in [3.63, 3.8) is 0 Å². The van der Waals surface area contributed by atoms with E-state index in [0.717, 1.165) is 0 Å². The summed E-state index contributed by atoms with van der Waals surface area (Å²) in [5.41, 5.74) is -0.917. The summed E-state index contributed by atoms with van der Waals surface area (Å²) in [6, 6.07) is 4.56. The minimum absolute atomic E-state index is 0.0161. The van der Waals surface area contributed by atoms with E-state index in [9.17, 15) is 19.7 Å². The lowest BCUT2D eigenvalue weighted by molar-refractivity contribution is -0.385. The molecular formula is C11H7Br2N3O4. The van der Waals surface area contributed by atoms with Gasteiger partial charge in [0.1, 0.15) is 0 Å². The number of nitrogens with zero attached hydrogens (tertiary/aromatic N) is 2. The predicted octanol–water partition coefficient (Wildman–Crippen LogP) is 2.02. The predicted molar refractivity (Wildman–Crippen MR) is 78.9 cm³/mol. The molecule has 7 nitrogen and oxygen atoms in total. The number of rotatable bonds is 3. The molecule has 0 bridgehead atoms. The van der Waals surface area contributed by atoms with Crippen LogP contribution in [0.4, 0.5) is 5.69 Å². The molecule has 0 radical (unpaired) electrons. The van der Waals surface area contributed by atoms with Gasteiger partial charge in [-0.1, -0.05) is 15.9 Å². The zero-order valence-corrected chi connectivity index (χ0v) is 13.0.